The number of carboxylic acids is 1. The van der Waals surface area contributed by atoms with Gasteiger partial charge in [0.1, 0.15) is 11.3 Å². The van der Waals surface area contributed by atoms with Crippen LogP contribution >= 0.6 is 0 Å². The minimum Gasteiger partial charge on any atom is -0.478 e. The van der Waals surface area contributed by atoms with Crippen LogP contribution < -0.4 is 5.32 Å². The molecule has 0 aliphatic heterocycles. The van der Waals surface area contributed by atoms with Gasteiger partial charge in [0.25, 0.3) is 0 Å². The molecule has 0 aliphatic carbocycles. The van der Waals surface area contributed by atoms with E-state index in [0.29, 0.717) is 6.54 Å². The molecule has 0 radical (unpaired) electrons. The van der Waals surface area contributed by atoms with Crippen molar-refractivity contribution in [1.29, 1.82) is 0 Å². The Kier molecular flexibility index (Phi) is 3.78. The Hall–Kier alpha value is -2.82. The zero-order valence-corrected chi connectivity index (χ0v) is 13.4. The van der Waals surface area contributed by atoms with Crippen molar-refractivity contribution < 1.29 is 9.90 Å². The Morgan fingerprint density at radius 2 is 1.91 bits per heavy atom. The Morgan fingerprint density at radius 1 is 1.22 bits per heavy atom. The molecule has 1 heterocycles. The minimum absolute atomic E-state index is 0.241. The van der Waals surface area contributed by atoms with Gasteiger partial charge < -0.3 is 15.4 Å². The van der Waals surface area contributed by atoms with Crippen LogP contribution in [0.1, 0.15) is 32.9 Å². The summed E-state index contributed by atoms with van der Waals surface area (Å²) in [7, 11) is 0. The van der Waals surface area contributed by atoms with Crippen LogP contribution in [0, 0.1) is 20.8 Å². The summed E-state index contributed by atoms with van der Waals surface area (Å²) in [5.74, 6) is -0.188. The van der Waals surface area contributed by atoms with Crippen molar-refractivity contribution in [2.45, 2.75) is 27.3 Å². The van der Waals surface area contributed by atoms with Gasteiger partial charge in [0.2, 0.25) is 0 Å². The highest BCUT2D eigenvalue weighted by Gasteiger charge is 2.12. The van der Waals surface area contributed by atoms with Crippen LogP contribution in [0.3, 0.4) is 0 Å². The first-order chi connectivity index (χ1) is 11.0. The van der Waals surface area contributed by atoms with Crippen LogP contribution in [0.5, 0.6) is 0 Å². The largest absolute Gasteiger partial charge is 0.478 e. The number of aromatic amines is 1. The number of rotatable bonds is 4. The van der Waals surface area contributed by atoms with Crippen molar-refractivity contribution in [2.24, 2.45) is 0 Å². The molecule has 5 nitrogen and oxygen atoms in total. The normalized spacial score (nSPS) is 10.9. The lowest BCUT2D eigenvalue weighted by molar-refractivity contribution is 0.0697. The quantitative estimate of drug-likeness (QED) is 0.685. The van der Waals surface area contributed by atoms with Crippen LogP contribution in [0.2, 0.25) is 0 Å². The van der Waals surface area contributed by atoms with Crippen molar-refractivity contribution in [2.75, 3.05) is 5.32 Å². The summed E-state index contributed by atoms with van der Waals surface area (Å²) in [6.45, 7) is 6.64. The summed E-state index contributed by atoms with van der Waals surface area (Å²) >= 11 is 0. The van der Waals surface area contributed by atoms with E-state index >= 15 is 0 Å². The van der Waals surface area contributed by atoms with Gasteiger partial charge in [-0.25, -0.2) is 9.78 Å². The van der Waals surface area contributed by atoms with E-state index in [4.69, 9.17) is 0 Å². The molecule has 1 aromatic heterocycles. The highest BCUT2D eigenvalue weighted by Crippen LogP contribution is 2.25. The highest BCUT2D eigenvalue weighted by atomic mass is 16.4. The molecule has 3 aromatic rings. The van der Waals surface area contributed by atoms with E-state index < -0.39 is 5.97 Å². The molecule has 0 fully saturated rings. The summed E-state index contributed by atoms with van der Waals surface area (Å²) < 4.78 is 0. The maximum absolute atomic E-state index is 11.3. The number of nitrogens with zero attached hydrogens (tertiary/aromatic N) is 1. The summed E-state index contributed by atoms with van der Waals surface area (Å²) in [4.78, 5) is 18.9. The summed E-state index contributed by atoms with van der Waals surface area (Å²) in [5.41, 5.74) is 6.10. The zero-order valence-electron chi connectivity index (χ0n) is 13.4. The number of nitrogens with one attached hydrogen (secondary N) is 2. The topological polar surface area (TPSA) is 78.0 Å². The summed E-state index contributed by atoms with van der Waals surface area (Å²) in [5, 5.41) is 12.6. The average molecular weight is 309 g/mol. The van der Waals surface area contributed by atoms with Gasteiger partial charge in [-0.15, -0.1) is 0 Å². The molecule has 3 N–H and O–H groups in total. The van der Waals surface area contributed by atoms with Crippen molar-refractivity contribution in [3.63, 3.8) is 0 Å². The Bertz CT molecular complexity index is 876. The number of aryl methyl sites for hydroxylation is 3. The Morgan fingerprint density at radius 3 is 2.57 bits per heavy atom. The lowest BCUT2D eigenvalue weighted by Gasteiger charge is -2.13. The number of anilines is 1. The lowest BCUT2D eigenvalue weighted by atomic mass is 10.0. The van der Waals surface area contributed by atoms with Gasteiger partial charge in [-0.1, -0.05) is 18.2 Å². The molecule has 5 heteroatoms. The smallest absolute Gasteiger partial charge is 0.335 e. The molecular weight excluding hydrogens is 290 g/mol. The predicted molar refractivity (Wildman–Crippen MR) is 91.0 cm³/mol. The molecule has 0 saturated carbocycles. The number of hydrogen-bond acceptors (Lipinski definition) is 3. The van der Waals surface area contributed by atoms with Gasteiger partial charge in [0.15, 0.2) is 0 Å². The fourth-order valence-corrected chi connectivity index (χ4v) is 2.81. The number of H-pyrrole nitrogens is 1. The van der Waals surface area contributed by atoms with Crippen LogP contribution in [0.15, 0.2) is 30.3 Å². The van der Waals surface area contributed by atoms with Crippen molar-refractivity contribution in [3.8, 4) is 0 Å². The molecule has 0 amide bonds. The molecule has 3 rings (SSSR count). The minimum atomic E-state index is -0.950. The van der Waals surface area contributed by atoms with Gasteiger partial charge in [0, 0.05) is 6.54 Å². The van der Waals surface area contributed by atoms with E-state index in [-0.39, 0.29) is 5.56 Å². The Labute approximate surface area is 134 Å². The highest BCUT2D eigenvalue weighted by molar-refractivity contribution is 5.98. The van der Waals surface area contributed by atoms with Crippen LogP contribution in [0.4, 0.5) is 5.69 Å². The van der Waals surface area contributed by atoms with E-state index in [2.05, 4.69) is 41.3 Å². The molecule has 23 heavy (non-hydrogen) atoms. The molecular formula is C18H19N3O2. The number of carboxylic acid groups (broad SMARTS) is 1. The van der Waals surface area contributed by atoms with E-state index in [1.807, 2.05) is 13.0 Å². The zero-order chi connectivity index (χ0) is 16.6. The van der Waals surface area contributed by atoms with Gasteiger partial charge in [-0.3, -0.25) is 0 Å². The van der Waals surface area contributed by atoms with Crippen molar-refractivity contribution in [1.82, 2.24) is 9.97 Å². The number of aromatic nitrogens is 2. The second-order valence-electron chi connectivity index (χ2n) is 5.77. The lowest BCUT2D eigenvalue weighted by Crippen LogP contribution is -2.05. The van der Waals surface area contributed by atoms with E-state index in [0.717, 1.165) is 22.5 Å². The first-order valence-electron chi connectivity index (χ1n) is 7.48. The summed E-state index contributed by atoms with van der Waals surface area (Å²) in [6, 6.07) is 9.44. The third-order valence-corrected chi connectivity index (χ3v) is 4.05. The van der Waals surface area contributed by atoms with Crippen molar-refractivity contribution in [3.05, 3.63) is 58.4 Å². The fraction of sp³-hybridized carbons (Fsp3) is 0.222. The first kappa shape index (κ1) is 15.1. The number of carbonyl (C=O) groups is 1. The predicted octanol–water partition coefficient (Wildman–Crippen LogP) is 3.80. The molecule has 0 unspecified atom stereocenters. The van der Waals surface area contributed by atoms with Gasteiger partial charge in [-0.05, 0) is 49.6 Å². The van der Waals surface area contributed by atoms with E-state index in [1.54, 1.807) is 12.1 Å². The molecule has 0 spiro atoms. The number of fused-ring (bicyclic) bond motifs is 1. The van der Waals surface area contributed by atoms with Crippen LogP contribution in [0.25, 0.3) is 11.0 Å². The number of benzene rings is 2. The molecule has 0 bridgehead atoms. The molecule has 0 saturated heterocycles. The molecule has 0 atom stereocenters. The second kappa shape index (κ2) is 5.76. The molecule has 118 valence electrons. The number of hydrogen-bond donors (Lipinski definition) is 3. The Balaban J connectivity index is 2.00. The molecule has 2 aromatic carbocycles. The van der Waals surface area contributed by atoms with Gasteiger partial charge >= 0.3 is 5.97 Å². The SMILES string of the molecule is Cc1nc2c(NCc3c(C)cccc3C)cc(C(=O)O)cc2[nH]1. The van der Waals surface area contributed by atoms with Crippen LogP contribution in [-0.4, -0.2) is 21.0 Å². The third kappa shape index (κ3) is 2.90. The monoisotopic (exact) mass is 309 g/mol. The third-order valence-electron chi connectivity index (χ3n) is 4.05. The number of imidazole rings is 1. The van der Waals surface area contributed by atoms with E-state index in [9.17, 15) is 9.90 Å². The maximum atomic E-state index is 11.3. The second-order valence-corrected chi connectivity index (χ2v) is 5.77. The fourth-order valence-electron chi connectivity index (χ4n) is 2.81. The van der Waals surface area contributed by atoms with Crippen LogP contribution in [-0.2, 0) is 6.54 Å². The van der Waals surface area contributed by atoms with Gasteiger partial charge in [-0.2, -0.15) is 0 Å². The number of aromatic carboxylic acids is 1. The summed E-state index contributed by atoms with van der Waals surface area (Å²) in [6.07, 6.45) is 0. The van der Waals surface area contributed by atoms with Crippen molar-refractivity contribution >= 4 is 22.7 Å². The maximum Gasteiger partial charge on any atom is 0.335 e. The average Bonchev–Trinajstić information content (AvgIpc) is 2.86. The standard InChI is InChI=1S/C18H19N3O2/c1-10-5-4-6-11(2)14(10)9-19-15-7-13(18(22)23)8-16-17(15)21-12(3)20-16/h4-8,19H,9H2,1-3H3,(H,20,21)(H,22,23). The molecule has 0 aliphatic rings. The van der Waals surface area contributed by atoms with E-state index in [1.165, 1.54) is 16.7 Å². The van der Waals surface area contributed by atoms with Gasteiger partial charge in [0.05, 0.1) is 16.8 Å². The first-order valence-corrected chi connectivity index (χ1v) is 7.48.